The second-order valence-electron chi connectivity index (χ2n) is 29.8. The lowest BCUT2D eigenvalue weighted by Crippen LogP contribution is -2.62. The first-order valence-electron chi connectivity index (χ1n) is 39.7. The van der Waals surface area contributed by atoms with E-state index in [4.69, 9.17) is 62.4 Å². The molecule has 2 rings (SSSR count). The molecular weight excluding hydrogens is 1640 g/mol. The molecule has 48 nitrogen and oxygen atoms in total. The summed E-state index contributed by atoms with van der Waals surface area (Å²) in [5.74, 6) is -23.7. The summed E-state index contributed by atoms with van der Waals surface area (Å²) in [6.07, 6.45) is -4.07. The molecule has 686 valence electrons. The number of carboxylic acid groups (broad SMARTS) is 1. The minimum Gasteiger partial charge on any atom is -0.480 e. The third kappa shape index (κ3) is 40.1. The van der Waals surface area contributed by atoms with Gasteiger partial charge < -0.3 is 147 Å². The van der Waals surface area contributed by atoms with Gasteiger partial charge in [-0.05, 0) is 120 Å². The normalized spacial score (nSPS) is 15.0. The molecule has 0 aliphatic rings. The molecule has 49 heteroatoms. The van der Waals surface area contributed by atoms with Gasteiger partial charge >= 0.3 is 5.97 Å². The van der Waals surface area contributed by atoms with Crippen LogP contribution in [0.15, 0.2) is 30.5 Å². The number of para-hydroxylation sites is 1. The number of guanidine groups is 2. The lowest BCUT2D eigenvalue weighted by atomic mass is 9.97. The number of nitrogens with one attached hydrogen (secondary N) is 18. The zero-order chi connectivity index (χ0) is 93.1. The highest BCUT2D eigenvalue weighted by molar-refractivity contribution is 7.98. The number of amides is 18. The Morgan fingerprint density at radius 3 is 1.20 bits per heavy atom. The second-order valence-corrected chi connectivity index (χ2v) is 30.8. The lowest BCUT2D eigenvalue weighted by molar-refractivity contribution is -0.142. The number of unbranched alkanes of at least 4 members (excludes halogenated alkanes) is 1. The van der Waals surface area contributed by atoms with Gasteiger partial charge in [-0.1, -0.05) is 52.3 Å². The Bertz CT molecular complexity index is 4040. The van der Waals surface area contributed by atoms with E-state index in [-0.39, 0.29) is 102 Å². The number of hydrogen-bond donors (Lipinski definition) is 29. The van der Waals surface area contributed by atoms with Gasteiger partial charge in [-0.15, -0.1) is 0 Å². The highest BCUT2D eigenvalue weighted by Crippen LogP contribution is 2.21. The van der Waals surface area contributed by atoms with Crippen molar-refractivity contribution in [3.05, 3.63) is 36.0 Å². The van der Waals surface area contributed by atoms with E-state index in [1.807, 2.05) is 0 Å². The molecule has 0 unspecified atom stereocenters. The number of aromatic amines is 1. The number of nitrogens with two attached hydrogens (primary N) is 9. The van der Waals surface area contributed by atoms with Crippen LogP contribution in [0.5, 0.6) is 0 Å². The Kier molecular flexibility index (Phi) is 47.4. The number of fused-ring (bicyclic) bond motifs is 1. The van der Waals surface area contributed by atoms with Crippen LogP contribution in [-0.4, -0.2) is 262 Å². The van der Waals surface area contributed by atoms with Crippen LogP contribution in [0.25, 0.3) is 10.9 Å². The Hall–Kier alpha value is -12.5. The number of aliphatic carboxylic acids is 1. The number of primary amides is 5. The van der Waals surface area contributed by atoms with E-state index in [1.54, 1.807) is 57.5 Å². The molecule has 0 aliphatic heterocycles. The maximum atomic E-state index is 14.7. The minimum atomic E-state index is -2.05. The minimum absolute atomic E-state index is 0.0379. The summed E-state index contributed by atoms with van der Waals surface area (Å²) in [5, 5.41) is 72.5. The first-order chi connectivity index (χ1) is 57.7. The van der Waals surface area contributed by atoms with Crippen molar-refractivity contribution >= 4 is 147 Å². The van der Waals surface area contributed by atoms with Crippen LogP contribution in [0.4, 0.5) is 0 Å². The molecule has 18 amide bonds. The first kappa shape index (κ1) is 107. The number of thioether (sulfide) groups is 1. The average molecular weight is 1760 g/mol. The highest BCUT2D eigenvalue weighted by Gasteiger charge is 2.40. The number of carbonyl (C=O) groups excluding carboxylic acids is 18. The van der Waals surface area contributed by atoms with Crippen LogP contribution >= 0.6 is 11.8 Å². The van der Waals surface area contributed by atoms with Crippen molar-refractivity contribution in [3.8, 4) is 0 Å². The molecule has 38 N–H and O–H groups in total. The predicted molar refractivity (Wildman–Crippen MR) is 447 cm³/mol. The van der Waals surface area contributed by atoms with Gasteiger partial charge in [0.25, 0.3) is 0 Å². The fraction of sp³-hybridized carbons (Fsp3) is 0.608. The fourth-order valence-corrected chi connectivity index (χ4v) is 12.5. The van der Waals surface area contributed by atoms with E-state index in [9.17, 15) is 101 Å². The standard InChI is InChI=1S/C74H123N27O21S/c1-8-35(4)57(70(119)89-36(5)72(121)122)100-68(117)50(31-55(80)106)99-67(116)49(30-54(79)105)97-62(111)44(19-14-25-87-74(84)85)91-66(115)48(29-53(78)104)96-61(110)43(18-13-24-86-73(82)83)90-60(109)42(17-11-12-23-75)93-71(120)58(37(6)102)101-69(118)51(32-56(81)107)98-63(112)45(22-26-123-7)92-64(113)46(27-34(2)3)95-65(114)47(94-59(108)40(76)20-21-52(77)103)28-38-33-88-41-16-10-9-15-39(38)41/h9-10,15-16,33-37,40,42-51,57-58,88,102H,8,11-14,17-32,75-76H2,1-7H3,(H2,77,103)(H2,78,104)(H2,79,105)(H2,80,106)(H2,81,107)(H,89,119)(H,90,109)(H,91,115)(H,92,113)(H,93,120)(H,94,108)(H,95,114)(H,96,110)(H,97,111)(H,98,112)(H,99,116)(H,100,117)(H,101,118)(H,121,122)(H4,82,83,86)(H4,84,85,87)/t35-,36-,37+,40-,42-,43-,44-,45-,46-,47-,48-,49-,50-,51-,57-,58-/m0/s1. The summed E-state index contributed by atoms with van der Waals surface area (Å²) in [7, 11) is 0. The molecule has 0 aliphatic carbocycles. The molecule has 0 bridgehead atoms. The molecule has 1 heterocycles. The van der Waals surface area contributed by atoms with Crippen molar-refractivity contribution in [2.24, 2.45) is 63.4 Å². The van der Waals surface area contributed by atoms with Crippen LogP contribution in [0.3, 0.4) is 0 Å². The number of aliphatic hydroxyl groups excluding tert-OH is 1. The summed E-state index contributed by atoms with van der Waals surface area (Å²) in [6, 6.07) is -16.7. The SMILES string of the molecule is CC[C@H](C)[C@H](NC(=O)[C@H](CC(N)=O)NC(=O)[C@H](CC(N)=O)NC(=O)[C@H](CCCNC(=N)N)NC(=O)[C@H](CC(N)=O)NC(=O)[C@H](CCCNC(=N)N)NC(=O)[C@H](CCCCN)NC(=O)[C@@H](NC(=O)[C@H](CC(N)=O)NC(=O)[C@H](CCSC)NC(=O)[C@H](CC(C)C)NC(=O)[C@H](Cc1c[nH]c2ccccc12)NC(=O)[C@@H](N)CCC(N)=O)[C@@H](C)O)C(=O)N[C@@H](C)C(=O)O. The number of rotatable bonds is 60. The Labute approximate surface area is 713 Å². The van der Waals surface area contributed by atoms with E-state index in [1.165, 1.54) is 18.7 Å². The second kappa shape index (κ2) is 54.7. The summed E-state index contributed by atoms with van der Waals surface area (Å²) in [6.45, 7) is 8.58. The van der Waals surface area contributed by atoms with Crippen molar-refractivity contribution in [2.75, 3.05) is 31.6 Å². The van der Waals surface area contributed by atoms with Gasteiger partial charge in [-0.3, -0.25) is 102 Å². The Morgan fingerprint density at radius 2 is 0.805 bits per heavy atom. The molecule has 0 spiro atoms. The van der Waals surface area contributed by atoms with Gasteiger partial charge in [0.05, 0.1) is 37.8 Å². The predicted octanol–water partition coefficient (Wildman–Crippen LogP) is -9.91. The first-order valence-corrected chi connectivity index (χ1v) is 41.1. The maximum absolute atomic E-state index is 14.7. The average Bonchev–Trinajstić information content (AvgIpc) is 1.70. The highest BCUT2D eigenvalue weighted by atomic mass is 32.2. The molecule has 0 radical (unpaired) electrons. The number of carbonyl (C=O) groups is 19. The topological polar surface area (TPSA) is 843 Å². The van der Waals surface area contributed by atoms with Crippen molar-refractivity contribution in [1.29, 1.82) is 10.8 Å². The third-order valence-electron chi connectivity index (χ3n) is 18.9. The van der Waals surface area contributed by atoms with E-state index >= 15 is 0 Å². The number of hydrogen-bond acceptors (Lipinski definition) is 25. The maximum Gasteiger partial charge on any atom is 0.325 e. The number of carboxylic acids is 1. The van der Waals surface area contributed by atoms with Gasteiger partial charge in [-0.2, -0.15) is 11.8 Å². The van der Waals surface area contributed by atoms with E-state index in [0.29, 0.717) is 16.5 Å². The largest absolute Gasteiger partial charge is 0.480 e. The van der Waals surface area contributed by atoms with Crippen LogP contribution in [0.2, 0.25) is 0 Å². The molecule has 1 aromatic heterocycles. The van der Waals surface area contributed by atoms with Crippen molar-refractivity contribution < 1.29 is 101 Å². The molecule has 0 fully saturated rings. The van der Waals surface area contributed by atoms with Crippen molar-refractivity contribution in [2.45, 2.75) is 241 Å². The summed E-state index contributed by atoms with van der Waals surface area (Å²) in [5.41, 5.74) is 51.5. The Balaban J connectivity index is 2.61. The van der Waals surface area contributed by atoms with Gasteiger partial charge in [0.2, 0.25) is 106 Å². The molecule has 2 aromatic rings. The van der Waals surface area contributed by atoms with Crippen molar-refractivity contribution in [3.63, 3.8) is 0 Å². The molecule has 16 atom stereocenters. The summed E-state index contributed by atoms with van der Waals surface area (Å²) in [4.78, 5) is 262. The molecular formula is C74H123N27O21S. The smallest absolute Gasteiger partial charge is 0.325 e. The zero-order valence-corrected chi connectivity index (χ0v) is 70.6. The lowest BCUT2D eigenvalue weighted by Gasteiger charge is -2.29. The Morgan fingerprint density at radius 1 is 0.439 bits per heavy atom. The number of H-pyrrole nitrogens is 1. The van der Waals surface area contributed by atoms with Crippen LogP contribution in [0, 0.1) is 22.7 Å². The van der Waals surface area contributed by atoms with Gasteiger partial charge in [-0.25, -0.2) is 0 Å². The number of aromatic nitrogens is 1. The van der Waals surface area contributed by atoms with Gasteiger partial charge in [0.15, 0.2) is 11.9 Å². The number of benzene rings is 1. The van der Waals surface area contributed by atoms with E-state index < -0.39 is 259 Å². The van der Waals surface area contributed by atoms with E-state index in [0.717, 1.165) is 13.8 Å². The van der Waals surface area contributed by atoms with Crippen molar-refractivity contribution in [1.82, 2.24) is 84.7 Å². The number of aliphatic hydroxyl groups is 1. The van der Waals surface area contributed by atoms with E-state index in [2.05, 4.69) is 84.7 Å². The quantitative estimate of drug-likeness (QED) is 0.0166. The fourth-order valence-electron chi connectivity index (χ4n) is 12.1. The van der Waals surface area contributed by atoms with Gasteiger partial charge in [0, 0.05) is 43.0 Å². The summed E-state index contributed by atoms with van der Waals surface area (Å²) >= 11 is 1.25. The monoisotopic (exact) mass is 1760 g/mol. The van der Waals surface area contributed by atoms with Gasteiger partial charge in [0.1, 0.15) is 78.5 Å². The molecule has 123 heavy (non-hydrogen) atoms. The van der Waals surface area contributed by atoms with Crippen LogP contribution in [-0.2, 0) is 97.5 Å². The van der Waals surface area contributed by atoms with Crippen LogP contribution in [0.1, 0.15) is 150 Å². The van der Waals surface area contributed by atoms with Crippen LogP contribution < -0.4 is 131 Å². The molecule has 0 saturated heterocycles. The molecule has 0 saturated carbocycles. The third-order valence-corrected chi connectivity index (χ3v) is 19.6. The summed E-state index contributed by atoms with van der Waals surface area (Å²) < 4.78 is 0. The zero-order valence-electron chi connectivity index (χ0n) is 69.8. The molecule has 1 aromatic carbocycles.